The lowest BCUT2D eigenvalue weighted by molar-refractivity contribution is -0.144. The summed E-state index contributed by atoms with van der Waals surface area (Å²) in [6.45, 7) is 3.92. The molecular formula is C37H42N2O4. The van der Waals surface area contributed by atoms with Gasteiger partial charge in [-0.05, 0) is 78.8 Å². The number of rotatable bonds is 12. The van der Waals surface area contributed by atoms with Crippen LogP contribution >= 0.6 is 0 Å². The van der Waals surface area contributed by atoms with Gasteiger partial charge in [0.25, 0.3) is 5.91 Å². The maximum atomic E-state index is 13.3. The third-order valence-corrected chi connectivity index (χ3v) is 8.91. The Balaban J connectivity index is 1.23. The summed E-state index contributed by atoms with van der Waals surface area (Å²) >= 11 is 0. The minimum absolute atomic E-state index is 0.227. The number of Topliss-reactive ketones (excluding diaryl/α,β-unsaturated/α-hetero) is 1. The number of hydrogen-bond donors (Lipinski definition) is 2. The van der Waals surface area contributed by atoms with Crippen LogP contribution in [0.5, 0.6) is 0 Å². The number of carbonyl (C=O) groups is 3. The zero-order valence-corrected chi connectivity index (χ0v) is 25.2. The molecule has 43 heavy (non-hydrogen) atoms. The van der Waals surface area contributed by atoms with Crippen LogP contribution < -0.4 is 5.32 Å². The standard InChI is InChI=1S/C37H42N2O4/c1-3-7-26-12-14-27(15-13-26)28-18-20-29(21-19-28)35(40)24-43-37(42)34(22-31-23-38-33-9-6-5-8-32(31)33)39-36(41)30-16-10-25(4-2)11-17-30/h5-6,8-11,16-21,23,26-27,34,38H,3-4,7,12-15,22,24H2,1-2H3,(H,39,41). The van der Waals surface area contributed by atoms with Crippen LogP contribution in [0.15, 0.2) is 79.0 Å². The second kappa shape index (κ2) is 14.3. The number of nitrogens with one attached hydrogen (secondary N) is 2. The van der Waals surface area contributed by atoms with E-state index in [1.807, 2.05) is 66.9 Å². The monoisotopic (exact) mass is 578 g/mol. The van der Waals surface area contributed by atoms with Crippen LogP contribution in [0.25, 0.3) is 10.9 Å². The molecule has 0 aliphatic heterocycles. The number of aromatic amines is 1. The average molecular weight is 579 g/mol. The van der Waals surface area contributed by atoms with E-state index in [0.29, 0.717) is 17.0 Å². The van der Waals surface area contributed by atoms with Gasteiger partial charge >= 0.3 is 5.97 Å². The van der Waals surface area contributed by atoms with Crippen molar-refractivity contribution in [2.75, 3.05) is 6.61 Å². The number of fused-ring (bicyclic) bond motifs is 1. The molecule has 2 N–H and O–H groups in total. The molecule has 0 saturated heterocycles. The van der Waals surface area contributed by atoms with Gasteiger partial charge in [-0.1, -0.05) is 81.3 Å². The molecule has 1 atom stereocenters. The first-order valence-electron chi connectivity index (χ1n) is 15.7. The Hall–Kier alpha value is -4.19. The van der Waals surface area contributed by atoms with Crippen molar-refractivity contribution >= 4 is 28.6 Å². The number of carbonyl (C=O) groups excluding carboxylic acids is 3. The Bertz CT molecular complexity index is 1530. The maximum Gasteiger partial charge on any atom is 0.329 e. The summed E-state index contributed by atoms with van der Waals surface area (Å²) in [5, 5.41) is 3.82. The smallest absolute Gasteiger partial charge is 0.329 e. The fourth-order valence-corrected chi connectivity index (χ4v) is 6.30. The maximum absolute atomic E-state index is 13.3. The van der Waals surface area contributed by atoms with Crippen molar-refractivity contribution in [1.82, 2.24) is 10.3 Å². The van der Waals surface area contributed by atoms with Crippen LogP contribution in [0.1, 0.15) is 95.7 Å². The van der Waals surface area contributed by atoms with E-state index in [-0.39, 0.29) is 24.7 Å². The highest BCUT2D eigenvalue weighted by atomic mass is 16.5. The van der Waals surface area contributed by atoms with Crippen molar-refractivity contribution in [3.05, 3.63) is 107 Å². The Kier molecular flexibility index (Phi) is 10.1. The van der Waals surface area contributed by atoms with Gasteiger partial charge in [0.05, 0.1) is 0 Å². The fraction of sp³-hybridized carbons (Fsp3) is 0.378. The van der Waals surface area contributed by atoms with Crippen molar-refractivity contribution in [3.8, 4) is 0 Å². The quantitative estimate of drug-likeness (QED) is 0.134. The summed E-state index contributed by atoms with van der Waals surface area (Å²) in [5.41, 5.74) is 5.20. The number of aryl methyl sites for hydroxylation is 1. The van der Waals surface area contributed by atoms with Crippen molar-refractivity contribution in [3.63, 3.8) is 0 Å². The largest absolute Gasteiger partial charge is 0.456 e. The number of amides is 1. The molecule has 0 spiro atoms. The van der Waals surface area contributed by atoms with Crippen LogP contribution in [0.3, 0.4) is 0 Å². The number of hydrogen-bond acceptors (Lipinski definition) is 4. The lowest BCUT2D eigenvalue weighted by Crippen LogP contribution is -2.43. The van der Waals surface area contributed by atoms with Gasteiger partial charge in [0.15, 0.2) is 12.4 Å². The summed E-state index contributed by atoms with van der Waals surface area (Å²) < 4.78 is 5.52. The zero-order valence-electron chi connectivity index (χ0n) is 25.2. The lowest BCUT2D eigenvalue weighted by Gasteiger charge is -2.28. The Morgan fingerprint density at radius 2 is 1.58 bits per heavy atom. The molecule has 1 aliphatic carbocycles. The van der Waals surface area contributed by atoms with Gasteiger partial charge in [0, 0.05) is 34.6 Å². The normalized spacial score (nSPS) is 17.3. The highest BCUT2D eigenvalue weighted by molar-refractivity contribution is 5.99. The molecule has 1 unspecified atom stereocenters. The number of aromatic nitrogens is 1. The first kappa shape index (κ1) is 30.3. The van der Waals surface area contributed by atoms with Gasteiger partial charge in [-0.3, -0.25) is 9.59 Å². The minimum Gasteiger partial charge on any atom is -0.456 e. The minimum atomic E-state index is -0.962. The second-order valence-corrected chi connectivity index (χ2v) is 11.8. The van der Waals surface area contributed by atoms with Crippen LogP contribution in [0.4, 0.5) is 0 Å². The van der Waals surface area contributed by atoms with Crippen molar-refractivity contribution < 1.29 is 19.1 Å². The Morgan fingerprint density at radius 3 is 2.28 bits per heavy atom. The molecule has 1 aromatic heterocycles. The van der Waals surface area contributed by atoms with Crippen molar-refractivity contribution in [1.29, 1.82) is 0 Å². The topological polar surface area (TPSA) is 88.3 Å². The van der Waals surface area contributed by atoms with Crippen LogP contribution in [0, 0.1) is 5.92 Å². The van der Waals surface area contributed by atoms with Gasteiger partial charge < -0.3 is 15.0 Å². The number of para-hydroxylation sites is 1. The lowest BCUT2D eigenvalue weighted by atomic mass is 9.77. The predicted molar refractivity (Wildman–Crippen MR) is 170 cm³/mol. The molecule has 1 heterocycles. The molecule has 0 bridgehead atoms. The van der Waals surface area contributed by atoms with Crippen molar-refractivity contribution in [2.45, 2.75) is 77.2 Å². The molecule has 6 heteroatoms. The molecule has 1 fully saturated rings. The van der Waals surface area contributed by atoms with Crippen LogP contribution in [-0.2, 0) is 22.4 Å². The molecule has 6 nitrogen and oxygen atoms in total. The first-order valence-corrected chi connectivity index (χ1v) is 15.7. The Morgan fingerprint density at radius 1 is 0.884 bits per heavy atom. The number of ether oxygens (including phenoxy) is 1. The van der Waals surface area contributed by atoms with Gasteiger partial charge in [0.2, 0.25) is 0 Å². The second-order valence-electron chi connectivity index (χ2n) is 11.8. The van der Waals surface area contributed by atoms with E-state index in [0.717, 1.165) is 34.4 Å². The van der Waals surface area contributed by atoms with Gasteiger partial charge in [-0.2, -0.15) is 0 Å². The van der Waals surface area contributed by atoms with E-state index in [4.69, 9.17) is 4.74 Å². The highest BCUT2D eigenvalue weighted by Crippen LogP contribution is 2.37. The molecule has 5 rings (SSSR count). The zero-order chi connectivity index (χ0) is 30.2. The average Bonchev–Trinajstić information content (AvgIpc) is 3.46. The number of esters is 1. The number of ketones is 1. The van der Waals surface area contributed by atoms with Gasteiger partial charge in [-0.25, -0.2) is 4.79 Å². The summed E-state index contributed by atoms with van der Waals surface area (Å²) in [6.07, 6.45) is 10.4. The van der Waals surface area contributed by atoms with Crippen LogP contribution in [-0.4, -0.2) is 35.3 Å². The van der Waals surface area contributed by atoms with E-state index < -0.39 is 12.0 Å². The van der Waals surface area contributed by atoms with Gasteiger partial charge in [-0.15, -0.1) is 0 Å². The molecule has 3 aromatic carbocycles. The van der Waals surface area contributed by atoms with Crippen molar-refractivity contribution in [2.24, 2.45) is 5.92 Å². The molecule has 1 saturated carbocycles. The summed E-state index contributed by atoms with van der Waals surface area (Å²) in [4.78, 5) is 42.7. The summed E-state index contributed by atoms with van der Waals surface area (Å²) in [5.74, 6) is 0.122. The third kappa shape index (κ3) is 7.61. The van der Waals surface area contributed by atoms with E-state index >= 15 is 0 Å². The summed E-state index contributed by atoms with van der Waals surface area (Å²) in [7, 11) is 0. The SMILES string of the molecule is CCCC1CCC(c2ccc(C(=O)COC(=O)C(Cc3c[nH]c4ccccc34)NC(=O)c3ccc(CC)cc3)cc2)CC1. The molecule has 224 valence electrons. The molecular weight excluding hydrogens is 536 g/mol. The number of H-pyrrole nitrogens is 1. The highest BCUT2D eigenvalue weighted by Gasteiger charge is 2.26. The van der Waals surface area contributed by atoms with E-state index in [2.05, 4.69) is 24.1 Å². The fourth-order valence-electron chi connectivity index (χ4n) is 6.30. The van der Waals surface area contributed by atoms with E-state index in [1.54, 1.807) is 12.1 Å². The van der Waals surface area contributed by atoms with Crippen LogP contribution in [0.2, 0.25) is 0 Å². The number of benzene rings is 3. The molecule has 4 aromatic rings. The summed E-state index contributed by atoms with van der Waals surface area (Å²) in [6, 6.07) is 21.9. The van der Waals surface area contributed by atoms with E-state index in [1.165, 1.54) is 44.1 Å². The third-order valence-electron chi connectivity index (χ3n) is 8.91. The molecule has 1 aliphatic rings. The first-order chi connectivity index (χ1) is 20.9. The van der Waals surface area contributed by atoms with E-state index in [9.17, 15) is 14.4 Å². The molecule has 0 radical (unpaired) electrons. The predicted octanol–water partition coefficient (Wildman–Crippen LogP) is 7.57. The Labute approximate surface area is 254 Å². The van der Waals surface area contributed by atoms with Gasteiger partial charge in [0.1, 0.15) is 6.04 Å². The molecule has 1 amide bonds.